The summed E-state index contributed by atoms with van der Waals surface area (Å²) in [6.45, 7) is 11.4. The molecule has 0 radical (unpaired) electrons. The molecule has 7 amide bonds. The van der Waals surface area contributed by atoms with E-state index >= 15 is 0 Å². The number of thioether (sulfide) groups is 2. The van der Waals surface area contributed by atoms with Crippen molar-refractivity contribution in [1.29, 1.82) is 0 Å². The van der Waals surface area contributed by atoms with Crippen molar-refractivity contribution in [2.24, 2.45) is 74.5 Å². The second-order valence-electron chi connectivity index (χ2n) is 23.6. The van der Waals surface area contributed by atoms with Gasteiger partial charge in [-0.05, 0) is 133 Å². The molecule has 11 heterocycles. The summed E-state index contributed by atoms with van der Waals surface area (Å²) >= 11 is 3.98. The monoisotopic (exact) mass is 1320 g/mol. The highest BCUT2D eigenvalue weighted by Gasteiger charge is 2.25. The molecule has 0 saturated carbocycles. The van der Waals surface area contributed by atoms with Crippen LogP contribution in [0.1, 0.15) is 116 Å². The van der Waals surface area contributed by atoms with Gasteiger partial charge in [0.05, 0.1) is 29.1 Å². The Hall–Kier alpha value is -2.97. The van der Waals surface area contributed by atoms with Crippen LogP contribution in [0.5, 0.6) is 0 Å². The summed E-state index contributed by atoms with van der Waals surface area (Å²) in [6.07, 6.45) is 15.8. The van der Waals surface area contributed by atoms with Crippen LogP contribution in [0.3, 0.4) is 0 Å². The van der Waals surface area contributed by atoms with E-state index in [1.807, 2.05) is 28.4 Å². The summed E-state index contributed by atoms with van der Waals surface area (Å²) in [5.41, 5.74) is 70.6. The Balaban J connectivity index is 0.000000480. The number of nitrogens with zero attached hydrogens (tertiary/aromatic N) is 3. The van der Waals surface area contributed by atoms with E-state index in [1.54, 1.807) is 16.7 Å². The van der Waals surface area contributed by atoms with Crippen molar-refractivity contribution in [2.75, 3.05) is 125 Å². The van der Waals surface area contributed by atoms with Crippen LogP contribution in [0.15, 0.2) is 0 Å². The Morgan fingerprint density at radius 1 is 0.471 bits per heavy atom. The van der Waals surface area contributed by atoms with Crippen LogP contribution in [0.2, 0.25) is 0 Å². The predicted octanol–water partition coefficient (Wildman–Crippen LogP) is -4.02. The minimum absolute atomic E-state index is 0.0139. The third-order valence-electron chi connectivity index (χ3n) is 15.2. The zero-order valence-corrected chi connectivity index (χ0v) is 55.3. The Labute approximate surface area is 528 Å². The first-order chi connectivity index (χ1) is 41.0. The molecule has 11 aliphatic heterocycles. The second-order valence-corrected chi connectivity index (χ2v) is 30.5. The summed E-state index contributed by atoms with van der Waals surface area (Å²) < 4.78 is 47.7. The van der Waals surface area contributed by atoms with Crippen molar-refractivity contribution in [2.45, 2.75) is 183 Å². The topological polar surface area (TPSA) is 547 Å². The summed E-state index contributed by atoms with van der Waals surface area (Å²) in [4.78, 5) is 57.4. The highest BCUT2D eigenvalue weighted by molar-refractivity contribution is 7.99. The molecule has 11 rings (SSSR count). The fraction of sp³-hybridized carbons (Fsp3) is 0.907. The molecule has 0 spiro atoms. The fourth-order valence-corrected chi connectivity index (χ4v) is 14.5. The van der Waals surface area contributed by atoms with E-state index < -0.39 is 19.7 Å². The summed E-state index contributed by atoms with van der Waals surface area (Å²) in [5, 5.41) is 8.45. The van der Waals surface area contributed by atoms with Gasteiger partial charge < -0.3 is 110 Å². The Bertz CT molecular complexity index is 2010. The third-order valence-corrected chi connectivity index (χ3v) is 21.0. The number of hydrogen-bond acceptors (Lipinski definition) is 24. The number of likely N-dealkylation sites (tertiary alicyclic amines) is 3. The van der Waals surface area contributed by atoms with Gasteiger partial charge in [-0.2, -0.15) is 23.5 Å². The van der Waals surface area contributed by atoms with Gasteiger partial charge in [-0.15, -0.1) is 0 Å². The lowest BCUT2D eigenvalue weighted by Crippen LogP contribution is -2.45. The predicted molar refractivity (Wildman–Crippen MR) is 352 cm³/mol. The molecule has 29 N–H and O–H groups in total. The van der Waals surface area contributed by atoms with Crippen LogP contribution < -0.4 is 90.5 Å². The smallest absolute Gasteiger partial charge is 0.314 e. The van der Waals surface area contributed by atoms with Gasteiger partial charge in [0.2, 0.25) is 17.7 Å². The molecular formula is C54H117N19O10S4. The molecule has 4 unspecified atom stereocenters. The zero-order chi connectivity index (χ0) is 65.4. The lowest BCUT2D eigenvalue weighted by molar-refractivity contribution is -0.129. The van der Waals surface area contributed by atoms with E-state index in [2.05, 4.69) is 16.0 Å². The van der Waals surface area contributed by atoms with Gasteiger partial charge in [-0.25, -0.2) is 26.4 Å². The van der Waals surface area contributed by atoms with E-state index in [-0.39, 0.29) is 89.0 Å². The lowest BCUT2D eigenvalue weighted by atomic mass is 10.1. The van der Waals surface area contributed by atoms with Gasteiger partial charge in [-0.3, -0.25) is 14.4 Å². The third kappa shape index (κ3) is 44.2. The minimum atomic E-state index is -2.72. The number of nitrogens with one attached hydrogen (secondary N) is 3. The quantitative estimate of drug-likeness (QED) is 0.110. The van der Waals surface area contributed by atoms with E-state index in [4.69, 9.17) is 79.3 Å². The molecule has 11 fully saturated rings. The average molecular weight is 1320 g/mol. The number of primary amides is 2. The van der Waals surface area contributed by atoms with E-state index in [1.165, 1.54) is 42.3 Å². The largest absolute Gasteiger partial charge is 0.381 e. The molecule has 33 heteroatoms. The molecule has 5 atom stereocenters. The molecule has 0 aromatic rings. The first-order valence-electron chi connectivity index (χ1n) is 31.0. The molecule has 29 nitrogen and oxygen atoms in total. The molecule has 11 saturated heterocycles. The molecule has 512 valence electrons. The van der Waals surface area contributed by atoms with Gasteiger partial charge in [0, 0.05) is 145 Å². The van der Waals surface area contributed by atoms with E-state index in [0.29, 0.717) is 69.0 Å². The van der Waals surface area contributed by atoms with Crippen LogP contribution in [0.25, 0.3) is 0 Å². The molecule has 0 aromatic heterocycles. The first kappa shape index (κ1) is 82.0. The Kier molecular flexibility index (Phi) is 44.3. The molecule has 0 aromatic carbocycles. The summed E-state index contributed by atoms with van der Waals surface area (Å²) in [7, 11) is -5.42. The van der Waals surface area contributed by atoms with Crippen molar-refractivity contribution in [3.8, 4) is 0 Å². The molecule has 0 bridgehead atoms. The SMILES string of the molecule is CC(=O)N1CCC(N)CC1.NC(=O)N1CCC(N)C1.NC(=O)N1CCC(N)CC1.NC1CCNCC1.NC1CCOCC1.NC1CCS(=O)(=O)C1.NC1CCS(=O)(=O)CC1.NC1CCSC1.NC1CCSCC1.NC1CNC(=O)C1.N[C@H]1CCNC1=O. The van der Waals surface area contributed by atoms with Crippen LogP contribution in [-0.2, 0) is 38.8 Å². The van der Waals surface area contributed by atoms with Gasteiger partial charge in [0.1, 0.15) is 9.84 Å². The number of piperidine rings is 3. The van der Waals surface area contributed by atoms with Crippen molar-refractivity contribution in [3.05, 3.63) is 0 Å². The number of carbonyl (C=O) groups excluding carboxylic acids is 5. The summed E-state index contributed by atoms with van der Waals surface area (Å²) in [6, 6.07) is 1.78. The van der Waals surface area contributed by atoms with Crippen molar-refractivity contribution in [1.82, 2.24) is 30.7 Å². The second kappa shape index (κ2) is 47.0. The van der Waals surface area contributed by atoms with Crippen molar-refractivity contribution >= 4 is 73.0 Å². The van der Waals surface area contributed by atoms with Gasteiger partial charge >= 0.3 is 12.1 Å². The first-order valence-corrected chi connectivity index (χ1v) is 37.0. The zero-order valence-electron chi connectivity index (χ0n) is 52.1. The average Bonchev–Trinajstić information content (AvgIpc) is 4.51. The van der Waals surface area contributed by atoms with Gasteiger partial charge in [0.25, 0.3) is 0 Å². The fourth-order valence-electron chi connectivity index (χ4n) is 9.12. The number of rotatable bonds is 0. The van der Waals surface area contributed by atoms with Crippen LogP contribution in [-0.4, -0.2) is 252 Å². The number of nitrogens with two attached hydrogens (primary N) is 13. The number of sulfone groups is 2. The van der Waals surface area contributed by atoms with E-state index in [9.17, 15) is 40.8 Å². The number of carbonyl (C=O) groups is 5. The van der Waals surface area contributed by atoms with Crippen LogP contribution >= 0.6 is 23.5 Å². The molecular weight excluding hydrogens is 1200 g/mol. The molecule has 0 aliphatic carbocycles. The maximum Gasteiger partial charge on any atom is 0.314 e. The van der Waals surface area contributed by atoms with Crippen molar-refractivity contribution < 1.29 is 45.5 Å². The maximum atomic E-state index is 10.8. The lowest BCUT2D eigenvalue weighted by Gasteiger charge is -2.28. The number of ether oxygens (including phenoxy) is 1. The van der Waals surface area contributed by atoms with Crippen LogP contribution in [0, 0.1) is 0 Å². The number of hydrogen-bond donors (Lipinski definition) is 16. The highest BCUT2D eigenvalue weighted by Crippen LogP contribution is 2.16. The van der Waals surface area contributed by atoms with Crippen molar-refractivity contribution in [3.63, 3.8) is 0 Å². The van der Waals surface area contributed by atoms with Gasteiger partial charge in [0.15, 0.2) is 9.84 Å². The summed E-state index contributed by atoms with van der Waals surface area (Å²) in [5.74, 6) is 6.30. The number of urea groups is 2. The van der Waals surface area contributed by atoms with Gasteiger partial charge in [-0.1, -0.05) is 0 Å². The molecule has 11 aliphatic rings. The Morgan fingerprint density at radius 2 is 0.908 bits per heavy atom. The molecule has 87 heavy (non-hydrogen) atoms. The highest BCUT2D eigenvalue weighted by atomic mass is 32.2. The standard InChI is InChI=1S/C7H14N2O.C6H13N3O.C5H11N3O.C5H12N2.C5H11NO2S.C5H11NO.C5H11NS.2C4H8N2O.C4H9NO2S.C4H9NS/c1-6(10)9-4-2-7(8)3-5-9;7-5-1-3-9(4-2-5)6(8)10;6-4-1-2-8(3-4)5(7)9;6-5-1-3-7-4-2-5;6-5-1-3-9(7,8)4-2-5;2*6-5-1-3-7-4-2-5;5-3-1-4(7)6-2-3;5-3-1-2-6-4(3)7;5-4-1-2-8(6,7)3-4;5-4-1-2-6-3-4/h7H,2-5,8H2,1H3;5H,1-4,7H2,(H2,8,10);4H,1-3,6H2,(H2,7,9);5,7H,1-4,6H2;5H,1-4,6H2;2*5H,1-4,6H2;2*3H,1-2,5H2,(H,6,7);4H,1-3,5H2;4H,1-3,5H2/t;;;;;;;;3-;;/m........0../s1. The minimum Gasteiger partial charge on any atom is -0.381 e. The maximum absolute atomic E-state index is 10.8. The Morgan fingerprint density at radius 3 is 1.15 bits per heavy atom. The normalized spacial score (nSPS) is 27.2. The number of amides is 7. The van der Waals surface area contributed by atoms with E-state index in [0.717, 1.165) is 130 Å². The van der Waals surface area contributed by atoms with Crippen LogP contribution in [0.4, 0.5) is 9.59 Å².